The molecule has 9 heteroatoms. The summed E-state index contributed by atoms with van der Waals surface area (Å²) in [6.45, 7) is 3.83. The van der Waals surface area contributed by atoms with Crippen molar-refractivity contribution in [1.29, 1.82) is 0 Å². The average Bonchev–Trinajstić information content (AvgIpc) is 3.33. The Morgan fingerprint density at radius 2 is 1.87 bits per heavy atom. The minimum Gasteiger partial charge on any atom is -1.00 e. The van der Waals surface area contributed by atoms with Crippen molar-refractivity contribution in [3.8, 4) is 11.3 Å². The van der Waals surface area contributed by atoms with Crippen molar-refractivity contribution in [3.05, 3.63) is 77.2 Å². The fraction of sp³-hybridized carbons (Fsp3) is 0.448. The standard InChI is InChI=1S/C29H35N5O2.2ClH/c30-18-20-7-6-8-21(17-20)26-25-19-31-14-16-33(25)27(32-26)28(35)34-15-13-29(36,22-9-2-1-3-10-22)23-11-4-5-12-24(23)34;;/h1-3,6-10,17,23-24,31,36H,4-5,11-16,18-19,30H2;2*1H/t23-,24+,29?;;/m1../s1. The van der Waals surface area contributed by atoms with Gasteiger partial charge >= 0.3 is 0 Å². The van der Waals surface area contributed by atoms with E-state index < -0.39 is 5.60 Å². The molecule has 3 aromatic rings. The highest BCUT2D eigenvalue weighted by Crippen LogP contribution is 2.47. The summed E-state index contributed by atoms with van der Waals surface area (Å²) in [7, 11) is 0. The Morgan fingerprint density at radius 3 is 2.66 bits per heavy atom. The minimum absolute atomic E-state index is 0. The summed E-state index contributed by atoms with van der Waals surface area (Å²) in [5, 5.41) is 14.2. The van der Waals surface area contributed by atoms with Crippen LogP contribution in [0.5, 0.6) is 0 Å². The largest absolute Gasteiger partial charge is 1.00 e. The first-order chi connectivity index (χ1) is 17.6. The van der Waals surface area contributed by atoms with Crippen molar-refractivity contribution in [2.24, 2.45) is 5.92 Å². The SMILES string of the molecule is [Cl-].[Cl-].[NH3+]Cc1cccc(-c2nc(C(=O)N3CCC(O)(c4ccccc4)[C@@H]4CCCC[C@@H]43)n3c2C[NH2+]CC3)c1. The van der Waals surface area contributed by atoms with Crippen LogP contribution in [0.3, 0.4) is 0 Å². The second-order valence-electron chi connectivity index (χ2n) is 10.6. The molecule has 2 aromatic carbocycles. The number of nitrogens with two attached hydrogens (primary N) is 1. The van der Waals surface area contributed by atoms with Crippen LogP contribution in [0.15, 0.2) is 54.6 Å². The van der Waals surface area contributed by atoms with Crippen molar-refractivity contribution in [2.45, 2.75) is 63.4 Å². The normalized spacial score (nSPS) is 24.4. The highest BCUT2D eigenvalue weighted by Gasteiger charge is 2.51. The quantitative estimate of drug-likeness (QED) is 0.302. The number of aromatic nitrogens is 2. The number of quaternary nitrogens is 2. The van der Waals surface area contributed by atoms with Gasteiger partial charge in [0.15, 0.2) is 5.82 Å². The first kappa shape index (κ1) is 28.6. The molecular weight excluding hydrogens is 521 g/mol. The van der Waals surface area contributed by atoms with Gasteiger partial charge in [-0.15, -0.1) is 0 Å². The van der Waals surface area contributed by atoms with E-state index in [9.17, 15) is 9.90 Å². The van der Waals surface area contributed by atoms with Gasteiger partial charge in [0.2, 0.25) is 0 Å². The van der Waals surface area contributed by atoms with E-state index in [4.69, 9.17) is 4.98 Å². The number of nitrogens with zero attached hydrogens (tertiary/aromatic N) is 3. The first-order valence-electron chi connectivity index (χ1n) is 13.5. The van der Waals surface area contributed by atoms with Crippen LogP contribution in [0, 0.1) is 5.92 Å². The van der Waals surface area contributed by atoms with Crippen molar-refractivity contribution in [1.82, 2.24) is 14.5 Å². The molecule has 1 aromatic heterocycles. The van der Waals surface area contributed by atoms with Crippen LogP contribution in [0.4, 0.5) is 0 Å². The van der Waals surface area contributed by atoms with Crippen molar-refractivity contribution in [2.75, 3.05) is 13.1 Å². The Labute approximate surface area is 236 Å². The molecule has 1 saturated heterocycles. The van der Waals surface area contributed by atoms with E-state index in [1.54, 1.807) is 0 Å². The third-order valence-electron chi connectivity index (χ3n) is 8.66. The number of amides is 1. The Morgan fingerprint density at radius 1 is 1.08 bits per heavy atom. The van der Waals surface area contributed by atoms with Crippen molar-refractivity contribution < 1.29 is 45.8 Å². The predicted molar refractivity (Wildman–Crippen MR) is 136 cm³/mol. The van der Waals surface area contributed by atoms with Gasteiger partial charge in [-0.25, -0.2) is 4.98 Å². The summed E-state index contributed by atoms with van der Waals surface area (Å²) >= 11 is 0. The van der Waals surface area contributed by atoms with Crippen LogP contribution < -0.4 is 35.9 Å². The monoisotopic (exact) mass is 557 g/mol. The van der Waals surface area contributed by atoms with Gasteiger partial charge in [0.05, 0.1) is 30.9 Å². The topological polar surface area (TPSA) is 103 Å². The molecule has 0 bridgehead atoms. The van der Waals surface area contributed by atoms with Crippen LogP contribution in [0.1, 0.15) is 59.5 Å². The number of halogens is 2. The molecule has 3 atom stereocenters. The Balaban J connectivity index is 0.00000168. The molecule has 2 aliphatic heterocycles. The highest BCUT2D eigenvalue weighted by atomic mass is 35.5. The maximum Gasteiger partial charge on any atom is 0.290 e. The Hall–Kier alpha value is -2.42. The molecule has 1 saturated carbocycles. The number of rotatable bonds is 4. The van der Waals surface area contributed by atoms with Gasteiger partial charge in [0.25, 0.3) is 5.91 Å². The van der Waals surface area contributed by atoms with Crippen LogP contribution in [-0.4, -0.2) is 44.6 Å². The molecule has 6 rings (SSSR count). The zero-order chi connectivity index (χ0) is 24.7. The van der Waals surface area contributed by atoms with Gasteiger partial charge in [0, 0.05) is 29.6 Å². The summed E-state index contributed by atoms with van der Waals surface area (Å²) < 4.78 is 2.16. The number of benzene rings is 2. The van der Waals surface area contributed by atoms with Gasteiger partial charge in [-0.2, -0.15) is 0 Å². The van der Waals surface area contributed by atoms with Gasteiger partial charge in [-0.05, 0) is 30.9 Å². The lowest BCUT2D eigenvalue weighted by Crippen LogP contribution is -3.00. The van der Waals surface area contributed by atoms with Crippen LogP contribution in [0.25, 0.3) is 11.3 Å². The maximum atomic E-state index is 14.2. The van der Waals surface area contributed by atoms with Crippen molar-refractivity contribution in [3.63, 3.8) is 0 Å². The van der Waals surface area contributed by atoms with E-state index in [0.29, 0.717) is 18.8 Å². The number of hydrogen-bond acceptors (Lipinski definition) is 3. The lowest BCUT2D eigenvalue weighted by molar-refractivity contribution is -0.677. The highest BCUT2D eigenvalue weighted by molar-refractivity contribution is 5.92. The van der Waals surface area contributed by atoms with Crippen LogP contribution in [0.2, 0.25) is 0 Å². The third-order valence-corrected chi connectivity index (χ3v) is 8.66. The van der Waals surface area contributed by atoms with E-state index in [1.165, 1.54) is 5.56 Å². The molecule has 3 heterocycles. The second kappa shape index (κ2) is 11.8. The lowest BCUT2D eigenvalue weighted by atomic mass is 9.66. The fourth-order valence-electron chi connectivity index (χ4n) is 6.81. The van der Waals surface area contributed by atoms with E-state index in [0.717, 1.165) is 74.4 Å². The third kappa shape index (κ3) is 4.87. The lowest BCUT2D eigenvalue weighted by Gasteiger charge is -2.52. The van der Waals surface area contributed by atoms with E-state index in [-0.39, 0.29) is 42.7 Å². The summed E-state index contributed by atoms with van der Waals surface area (Å²) in [6.07, 6.45) is 4.62. The predicted octanol–water partition coefficient (Wildman–Crippen LogP) is -4.33. The first-order valence-corrected chi connectivity index (χ1v) is 13.5. The molecule has 3 aliphatic rings. The van der Waals surface area contributed by atoms with E-state index in [1.807, 2.05) is 35.2 Å². The van der Waals surface area contributed by atoms with Crippen molar-refractivity contribution >= 4 is 5.91 Å². The number of carbonyl (C=O) groups excluding carboxylic acids is 1. The zero-order valence-electron chi connectivity index (χ0n) is 21.7. The number of carbonyl (C=O) groups is 1. The average molecular weight is 559 g/mol. The number of aliphatic hydroxyl groups is 1. The second-order valence-corrected chi connectivity index (χ2v) is 10.6. The summed E-state index contributed by atoms with van der Waals surface area (Å²) in [5.41, 5.74) is 8.40. The molecular formula is C29H37Cl2N5O2. The van der Waals surface area contributed by atoms with Gasteiger partial charge in [-0.1, -0.05) is 61.4 Å². The number of piperidine rings is 1. The zero-order valence-corrected chi connectivity index (χ0v) is 23.2. The van der Waals surface area contributed by atoms with Gasteiger partial charge in [-0.3, -0.25) is 4.79 Å². The summed E-state index contributed by atoms with van der Waals surface area (Å²) in [5.74, 6) is 0.621. The molecule has 6 N–H and O–H groups in total. The molecule has 0 spiro atoms. The van der Waals surface area contributed by atoms with Crippen LogP contribution in [-0.2, 0) is 25.2 Å². The summed E-state index contributed by atoms with van der Waals surface area (Å²) in [6, 6.07) is 18.5. The molecule has 1 aliphatic carbocycles. The molecule has 2 fully saturated rings. The van der Waals surface area contributed by atoms with Gasteiger partial charge < -0.3 is 50.4 Å². The number of hydrogen-bond donors (Lipinski definition) is 3. The molecule has 0 radical (unpaired) electrons. The minimum atomic E-state index is -0.885. The maximum absolute atomic E-state index is 14.2. The smallest absolute Gasteiger partial charge is 0.290 e. The summed E-state index contributed by atoms with van der Waals surface area (Å²) in [4.78, 5) is 21.2. The van der Waals surface area contributed by atoms with Crippen LogP contribution >= 0.6 is 0 Å². The molecule has 1 amide bonds. The fourth-order valence-corrected chi connectivity index (χ4v) is 6.81. The molecule has 38 heavy (non-hydrogen) atoms. The number of imidazole rings is 1. The molecule has 7 nitrogen and oxygen atoms in total. The number of fused-ring (bicyclic) bond motifs is 2. The Bertz CT molecular complexity index is 1270. The molecule has 204 valence electrons. The van der Waals surface area contributed by atoms with E-state index in [2.05, 4.69) is 39.9 Å². The van der Waals surface area contributed by atoms with Gasteiger partial charge in [0.1, 0.15) is 12.2 Å². The molecule has 1 unspecified atom stereocenters. The van der Waals surface area contributed by atoms with E-state index >= 15 is 0 Å². The number of likely N-dealkylation sites (tertiary alicyclic amines) is 1. The Kier molecular flexibility index (Phi) is 8.85.